The number of hydrogen-bond acceptors (Lipinski definition) is 7. The fourth-order valence-electron chi connectivity index (χ4n) is 7.63. The van der Waals surface area contributed by atoms with E-state index in [4.69, 9.17) is 9.47 Å². The first-order chi connectivity index (χ1) is 25.0. The maximum absolute atomic E-state index is 13.3. The van der Waals surface area contributed by atoms with E-state index >= 15 is 0 Å². The summed E-state index contributed by atoms with van der Waals surface area (Å²) in [5.41, 5.74) is 6.47. The average molecular weight is 700 g/mol. The summed E-state index contributed by atoms with van der Waals surface area (Å²) in [5.74, 6) is 1.18. The molecule has 0 bridgehead atoms. The quantitative estimate of drug-likeness (QED) is 0.154. The number of H-pyrrole nitrogens is 1. The lowest BCUT2D eigenvalue weighted by Crippen LogP contribution is -2.42. The number of anilines is 1. The van der Waals surface area contributed by atoms with Gasteiger partial charge >= 0.3 is 5.97 Å². The number of likely N-dealkylation sites (tertiary alicyclic amines) is 1. The maximum atomic E-state index is 13.3. The van der Waals surface area contributed by atoms with E-state index in [9.17, 15) is 9.59 Å². The SMILES string of the molecule is CN(C)CC(=O)N1CCC(c2ccccc2C2CCCN2c2ccc(-c3ccc(C(=O)OC(C)(C)C)c(Oc4cnc5[nH]ccc5c4)c3)cc2)CC1. The van der Waals surface area contributed by atoms with Crippen LogP contribution in [-0.2, 0) is 9.53 Å². The number of esters is 1. The van der Waals surface area contributed by atoms with Gasteiger partial charge in [0.15, 0.2) is 0 Å². The van der Waals surface area contributed by atoms with Gasteiger partial charge < -0.3 is 29.2 Å². The van der Waals surface area contributed by atoms with Gasteiger partial charge in [-0.05, 0) is 125 Å². The van der Waals surface area contributed by atoms with Crippen LogP contribution in [0.25, 0.3) is 22.2 Å². The number of benzene rings is 3. The summed E-state index contributed by atoms with van der Waals surface area (Å²) < 4.78 is 12.1. The predicted octanol–water partition coefficient (Wildman–Crippen LogP) is 8.59. The third kappa shape index (κ3) is 7.84. The minimum Gasteiger partial charge on any atom is -0.456 e. The first kappa shape index (κ1) is 35.3. The molecule has 0 radical (unpaired) electrons. The van der Waals surface area contributed by atoms with Gasteiger partial charge in [-0.1, -0.05) is 42.5 Å². The second kappa shape index (κ2) is 14.8. The van der Waals surface area contributed by atoms with Crippen LogP contribution in [0.5, 0.6) is 11.5 Å². The van der Waals surface area contributed by atoms with E-state index in [1.807, 2.05) is 75.1 Å². The number of likely N-dealkylation sites (N-methyl/N-ethyl adjacent to an activating group) is 1. The zero-order valence-corrected chi connectivity index (χ0v) is 30.9. The van der Waals surface area contributed by atoms with Gasteiger partial charge in [-0.25, -0.2) is 9.78 Å². The number of amides is 1. The van der Waals surface area contributed by atoms with Crippen molar-refractivity contribution in [1.82, 2.24) is 19.8 Å². The van der Waals surface area contributed by atoms with Crippen molar-refractivity contribution in [2.75, 3.05) is 45.2 Å². The fourth-order valence-corrected chi connectivity index (χ4v) is 7.63. The number of aromatic nitrogens is 2. The van der Waals surface area contributed by atoms with Crippen LogP contribution in [0.2, 0.25) is 0 Å². The lowest BCUT2D eigenvalue weighted by atomic mass is 9.84. The molecule has 0 spiro atoms. The van der Waals surface area contributed by atoms with Crippen molar-refractivity contribution >= 4 is 28.6 Å². The molecule has 2 saturated heterocycles. The molecule has 2 aliphatic heterocycles. The molecule has 2 aliphatic rings. The van der Waals surface area contributed by atoms with Crippen molar-refractivity contribution in [3.05, 3.63) is 108 Å². The molecule has 52 heavy (non-hydrogen) atoms. The Morgan fingerprint density at radius 1 is 0.885 bits per heavy atom. The van der Waals surface area contributed by atoms with Crippen molar-refractivity contribution in [3.8, 4) is 22.6 Å². The third-order valence-electron chi connectivity index (χ3n) is 10.1. The van der Waals surface area contributed by atoms with Crippen LogP contribution in [0.1, 0.15) is 79.9 Å². The number of nitrogens with one attached hydrogen (secondary N) is 1. The van der Waals surface area contributed by atoms with Crippen LogP contribution >= 0.6 is 0 Å². The molecule has 9 nitrogen and oxygen atoms in total. The number of piperidine rings is 1. The number of aromatic amines is 1. The number of carbonyl (C=O) groups excluding carboxylic acids is 2. The second-order valence-corrected chi connectivity index (χ2v) is 15.3. The number of pyridine rings is 1. The van der Waals surface area contributed by atoms with Crippen molar-refractivity contribution in [2.24, 2.45) is 0 Å². The molecular formula is C43H49N5O4. The molecule has 0 aliphatic carbocycles. The molecule has 1 amide bonds. The van der Waals surface area contributed by atoms with Gasteiger partial charge in [0.2, 0.25) is 5.91 Å². The number of fused-ring (bicyclic) bond motifs is 1. The normalized spacial score (nSPS) is 16.8. The molecule has 4 heterocycles. The number of ether oxygens (including phenoxy) is 2. The van der Waals surface area contributed by atoms with E-state index in [-0.39, 0.29) is 5.91 Å². The molecule has 1 N–H and O–H groups in total. The minimum absolute atomic E-state index is 0.219. The van der Waals surface area contributed by atoms with Crippen LogP contribution in [0.3, 0.4) is 0 Å². The Bertz CT molecular complexity index is 2040. The standard InChI is InChI=1S/C43H49N5O4/c1-43(2,3)52-42(50)37-17-14-31(26-39(37)51-34-25-32-18-21-44-41(32)45-27-34)29-12-15-33(16-13-29)48-22-8-11-38(48)36-10-7-6-9-35(36)30-19-23-47(24-20-30)40(49)28-46(4)5/h6-7,9-10,12-18,21,25-27,30,38H,8,11,19-20,22-24,28H2,1-5H3,(H,44,45). The fraction of sp³-hybridized carbons (Fsp3) is 0.372. The molecule has 1 atom stereocenters. The Hall–Kier alpha value is -5.15. The summed E-state index contributed by atoms with van der Waals surface area (Å²) >= 11 is 0. The molecule has 3 aromatic carbocycles. The van der Waals surface area contributed by atoms with Crippen molar-refractivity contribution in [3.63, 3.8) is 0 Å². The summed E-state index contributed by atoms with van der Waals surface area (Å²) in [7, 11) is 3.90. The minimum atomic E-state index is -0.647. The smallest absolute Gasteiger partial charge is 0.342 e. The monoisotopic (exact) mass is 699 g/mol. The van der Waals surface area contributed by atoms with Gasteiger partial charge in [0, 0.05) is 36.9 Å². The van der Waals surface area contributed by atoms with Crippen LogP contribution in [0.15, 0.2) is 91.3 Å². The lowest BCUT2D eigenvalue weighted by molar-refractivity contribution is -0.132. The van der Waals surface area contributed by atoms with Crippen molar-refractivity contribution in [2.45, 2.75) is 64.0 Å². The third-order valence-corrected chi connectivity index (χ3v) is 10.1. The number of nitrogens with zero attached hydrogens (tertiary/aromatic N) is 4. The highest BCUT2D eigenvalue weighted by molar-refractivity contribution is 5.94. The zero-order chi connectivity index (χ0) is 36.4. The summed E-state index contributed by atoms with van der Waals surface area (Å²) in [6, 6.07) is 27.4. The lowest BCUT2D eigenvalue weighted by Gasteiger charge is -2.35. The van der Waals surface area contributed by atoms with E-state index in [2.05, 4.69) is 63.4 Å². The van der Waals surface area contributed by atoms with E-state index < -0.39 is 11.6 Å². The largest absolute Gasteiger partial charge is 0.456 e. The van der Waals surface area contributed by atoms with Crippen LogP contribution in [0.4, 0.5) is 5.69 Å². The number of carbonyl (C=O) groups is 2. The molecule has 270 valence electrons. The highest BCUT2D eigenvalue weighted by Crippen LogP contribution is 2.42. The van der Waals surface area contributed by atoms with Gasteiger partial charge in [-0.15, -0.1) is 0 Å². The summed E-state index contributed by atoms with van der Waals surface area (Å²) in [5, 5.41) is 0.920. The number of hydrogen-bond donors (Lipinski definition) is 1. The Kier molecular flexibility index (Phi) is 10.1. The number of rotatable bonds is 9. The second-order valence-electron chi connectivity index (χ2n) is 15.3. The molecule has 5 aromatic rings. The Morgan fingerprint density at radius 3 is 2.35 bits per heavy atom. The van der Waals surface area contributed by atoms with Gasteiger partial charge in [0.1, 0.15) is 28.3 Å². The zero-order valence-electron chi connectivity index (χ0n) is 30.9. The Morgan fingerprint density at radius 2 is 1.62 bits per heavy atom. The molecule has 1 unspecified atom stereocenters. The molecule has 2 aromatic heterocycles. The summed E-state index contributed by atoms with van der Waals surface area (Å²) in [6.45, 7) is 8.65. The van der Waals surface area contributed by atoms with E-state index in [0.29, 0.717) is 35.6 Å². The van der Waals surface area contributed by atoms with Gasteiger partial charge in [0.25, 0.3) is 0 Å². The summed E-state index contributed by atoms with van der Waals surface area (Å²) in [4.78, 5) is 40.1. The molecule has 7 rings (SSSR count). The highest BCUT2D eigenvalue weighted by atomic mass is 16.6. The predicted molar refractivity (Wildman–Crippen MR) is 206 cm³/mol. The van der Waals surface area contributed by atoms with Gasteiger partial charge in [-0.3, -0.25) is 4.79 Å². The van der Waals surface area contributed by atoms with E-state index in [1.165, 1.54) is 16.8 Å². The van der Waals surface area contributed by atoms with Crippen molar-refractivity contribution < 1.29 is 19.1 Å². The molecule has 2 fully saturated rings. The first-order valence-electron chi connectivity index (χ1n) is 18.4. The van der Waals surface area contributed by atoms with Crippen LogP contribution < -0.4 is 9.64 Å². The Labute approximate surface area is 306 Å². The van der Waals surface area contributed by atoms with E-state index in [0.717, 1.165) is 67.5 Å². The molecule has 9 heteroatoms. The molecular weight excluding hydrogens is 651 g/mol. The average Bonchev–Trinajstić information content (AvgIpc) is 3.81. The first-order valence-corrected chi connectivity index (χ1v) is 18.4. The van der Waals surface area contributed by atoms with E-state index in [1.54, 1.807) is 12.3 Å². The molecule has 0 saturated carbocycles. The topological polar surface area (TPSA) is 91.0 Å². The van der Waals surface area contributed by atoms with Gasteiger partial charge in [0.05, 0.1) is 18.8 Å². The van der Waals surface area contributed by atoms with Crippen molar-refractivity contribution in [1.29, 1.82) is 0 Å². The van der Waals surface area contributed by atoms with Gasteiger partial charge in [-0.2, -0.15) is 0 Å². The van der Waals surface area contributed by atoms with Crippen LogP contribution in [0, 0.1) is 0 Å². The summed E-state index contributed by atoms with van der Waals surface area (Å²) in [6.07, 6.45) is 7.72. The highest BCUT2D eigenvalue weighted by Gasteiger charge is 2.32. The Balaban J connectivity index is 1.11. The maximum Gasteiger partial charge on any atom is 0.342 e. The van der Waals surface area contributed by atoms with Crippen LogP contribution in [-0.4, -0.2) is 77.5 Å².